The van der Waals surface area contributed by atoms with Gasteiger partial charge in [0.05, 0.1) is 5.69 Å². The van der Waals surface area contributed by atoms with Crippen LogP contribution in [0.25, 0.3) is 11.3 Å². The van der Waals surface area contributed by atoms with E-state index in [1.165, 1.54) is 6.33 Å². The standard InChI is InChI=1S/C16H11ClN3/c17-13-7-4-8-14(9-13)20-16-10-15(18-11-19-16)12-5-2-1-3-6-12/h1-2,4-11H,(H,18,19,20). The third-order valence-corrected chi connectivity index (χ3v) is 3.00. The molecule has 1 aromatic heterocycles. The lowest BCUT2D eigenvalue weighted by Gasteiger charge is -2.07. The summed E-state index contributed by atoms with van der Waals surface area (Å²) in [4.78, 5) is 8.49. The van der Waals surface area contributed by atoms with Crippen LogP contribution in [0.3, 0.4) is 0 Å². The maximum atomic E-state index is 5.96. The Morgan fingerprint density at radius 2 is 2.00 bits per heavy atom. The maximum Gasteiger partial charge on any atom is 0.134 e. The molecule has 0 spiro atoms. The first-order valence-electron chi connectivity index (χ1n) is 6.12. The van der Waals surface area contributed by atoms with Gasteiger partial charge in [-0.1, -0.05) is 35.9 Å². The van der Waals surface area contributed by atoms with Crippen LogP contribution >= 0.6 is 11.6 Å². The quantitative estimate of drug-likeness (QED) is 0.775. The highest BCUT2D eigenvalue weighted by Crippen LogP contribution is 2.22. The van der Waals surface area contributed by atoms with Gasteiger partial charge in [0.15, 0.2) is 0 Å². The van der Waals surface area contributed by atoms with Crippen molar-refractivity contribution in [1.82, 2.24) is 9.97 Å². The van der Waals surface area contributed by atoms with Crippen molar-refractivity contribution in [2.24, 2.45) is 0 Å². The molecule has 4 heteroatoms. The van der Waals surface area contributed by atoms with E-state index in [4.69, 9.17) is 11.6 Å². The van der Waals surface area contributed by atoms with Crippen molar-refractivity contribution in [3.63, 3.8) is 0 Å². The van der Waals surface area contributed by atoms with Gasteiger partial charge in [0, 0.05) is 22.3 Å². The molecule has 0 saturated heterocycles. The van der Waals surface area contributed by atoms with Crippen LogP contribution in [0, 0.1) is 6.07 Å². The molecule has 0 amide bonds. The van der Waals surface area contributed by atoms with E-state index in [0.29, 0.717) is 5.02 Å². The highest BCUT2D eigenvalue weighted by atomic mass is 35.5. The maximum absolute atomic E-state index is 5.96. The van der Waals surface area contributed by atoms with Crippen molar-refractivity contribution in [2.45, 2.75) is 0 Å². The molecule has 0 unspecified atom stereocenters. The molecular formula is C16H11ClN3. The fourth-order valence-electron chi connectivity index (χ4n) is 1.85. The van der Waals surface area contributed by atoms with E-state index in [2.05, 4.69) is 21.4 Å². The molecule has 3 nitrogen and oxygen atoms in total. The van der Waals surface area contributed by atoms with Crippen LogP contribution in [0.1, 0.15) is 0 Å². The Hall–Kier alpha value is -2.39. The largest absolute Gasteiger partial charge is 0.340 e. The van der Waals surface area contributed by atoms with E-state index in [1.807, 2.05) is 54.6 Å². The number of halogens is 1. The van der Waals surface area contributed by atoms with Gasteiger partial charge in [-0.2, -0.15) is 0 Å². The molecule has 0 aliphatic rings. The van der Waals surface area contributed by atoms with Crippen LogP contribution in [0.5, 0.6) is 0 Å². The summed E-state index contributed by atoms with van der Waals surface area (Å²) in [6.45, 7) is 0. The molecule has 0 bridgehead atoms. The predicted octanol–water partition coefficient (Wildman–Crippen LogP) is 4.34. The molecule has 0 aliphatic carbocycles. The summed E-state index contributed by atoms with van der Waals surface area (Å²) in [6.07, 6.45) is 1.54. The number of hydrogen-bond acceptors (Lipinski definition) is 3. The van der Waals surface area contributed by atoms with Crippen molar-refractivity contribution in [1.29, 1.82) is 0 Å². The second-order valence-electron chi connectivity index (χ2n) is 4.22. The number of rotatable bonds is 3. The zero-order valence-electron chi connectivity index (χ0n) is 10.5. The van der Waals surface area contributed by atoms with Gasteiger partial charge in [0.1, 0.15) is 12.1 Å². The molecule has 0 atom stereocenters. The summed E-state index contributed by atoms with van der Waals surface area (Å²) >= 11 is 5.96. The summed E-state index contributed by atoms with van der Waals surface area (Å²) in [7, 11) is 0. The Morgan fingerprint density at radius 1 is 1.05 bits per heavy atom. The number of benzene rings is 2. The van der Waals surface area contributed by atoms with Crippen molar-refractivity contribution in [3.8, 4) is 11.3 Å². The molecule has 1 heterocycles. The van der Waals surface area contributed by atoms with Crippen LogP contribution < -0.4 is 5.32 Å². The van der Waals surface area contributed by atoms with E-state index < -0.39 is 0 Å². The van der Waals surface area contributed by atoms with Crippen molar-refractivity contribution >= 4 is 23.1 Å². The topological polar surface area (TPSA) is 37.8 Å². The number of anilines is 2. The SMILES string of the molecule is Clc1cccc(Nc2cc(-c3c[c]ccc3)ncn2)c1. The van der Waals surface area contributed by atoms with Crippen LogP contribution in [0.15, 0.2) is 60.9 Å². The fourth-order valence-corrected chi connectivity index (χ4v) is 2.04. The summed E-state index contributed by atoms with van der Waals surface area (Å²) < 4.78 is 0. The van der Waals surface area contributed by atoms with Crippen molar-refractivity contribution in [2.75, 3.05) is 5.32 Å². The Morgan fingerprint density at radius 3 is 2.80 bits per heavy atom. The van der Waals surface area contributed by atoms with E-state index in [-0.39, 0.29) is 0 Å². The lowest BCUT2D eigenvalue weighted by atomic mass is 10.1. The highest BCUT2D eigenvalue weighted by Gasteiger charge is 2.02. The monoisotopic (exact) mass is 280 g/mol. The van der Waals surface area contributed by atoms with Crippen molar-refractivity contribution < 1.29 is 0 Å². The molecule has 0 saturated carbocycles. The lowest BCUT2D eigenvalue weighted by molar-refractivity contribution is 1.17. The Bertz CT molecular complexity index is 714. The second-order valence-corrected chi connectivity index (χ2v) is 4.65. The van der Waals surface area contributed by atoms with Gasteiger partial charge in [0.25, 0.3) is 0 Å². The first-order valence-corrected chi connectivity index (χ1v) is 6.50. The fraction of sp³-hybridized carbons (Fsp3) is 0. The number of aromatic nitrogens is 2. The average Bonchev–Trinajstić information content (AvgIpc) is 2.48. The summed E-state index contributed by atoms with van der Waals surface area (Å²) in [6, 6.07) is 20.1. The summed E-state index contributed by atoms with van der Waals surface area (Å²) in [5, 5.41) is 3.89. The van der Waals surface area contributed by atoms with Gasteiger partial charge in [-0.3, -0.25) is 0 Å². The molecule has 0 aliphatic heterocycles. The predicted molar refractivity (Wildman–Crippen MR) is 81.0 cm³/mol. The second kappa shape index (κ2) is 5.72. The molecule has 97 valence electrons. The lowest BCUT2D eigenvalue weighted by Crippen LogP contribution is -1.95. The van der Waals surface area contributed by atoms with E-state index in [0.717, 1.165) is 22.8 Å². The van der Waals surface area contributed by atoms with Crippen LogP contribution in [0.2, 0.25) is 5.02 Å². The first kappa shape index (κ1) is 12.6. The Labute approximate surface area is 122 Å². The smallest absolute Gasteiger partial charge is 0.134 e. The molecule has 3 aromatic rings. The van der Waals surface area contributed by atoms with E-state index >= 15 is 0 Å². The number of nitrogens with zero attached hydrogens (tertiary/aromatic N) is 2. The molecule has 1 radical (unpaired) electrons. The van der Waals surface area contributed by atoms with E-state index in [9.17, 15) is 0 Å². The Balaban J connectivity index is 1.88. The number of hydrogen-bond donors (Lipinski definition) is 1. The third kappa shape index (κ3) is 2.95. The molecular weight excluding hydrogens is 270 g/mol. The van der Waals surface area contributed by atoms with Gasteiger partial charge in [-0.15, -0.1) is 0 Å². The van der Waals surface area contributed by atoms with Crippen molar-refractivity contribution in [3.05, 3.63) is 72.0 Å². The van der Waals surface area contributed by atoms with Crippen LogP contribution in [-0.2, 0) is 0 Å². The first-order chi connectivity index (χ1) is 9.81. The van der Waals surface area contributed by atoms with Crippen LogP contribution in [-0.4, -0.2) is 9.97 Å². The minimum absolute atomic E-state index is 0.682. The molecule has 2 aromatic carbocycles. The zero-order chi connectivity index (χ0) is 13.8. The molecule has 0 fully saturated rings. The van der Waals surface area contributed by atoms with E-state index in [1.54, 1.807) is 0 Å². The minimum Gasteiger partial charge on any atom is -0.340 e. The average molecular weight is 281 g/mol. The molecule has 20 heavy (non-hydrogen) atoms. The minimum atomic E-state index is 0.682. The molecule has 1 N–H and O–H groups in total. The number of nitrogens with one attached hydrogen (secondary N) is 1. The summed E-state index contributed by atoms with van der Waals surface area (Å²) in [5.74, 6) is 0.723. The normalized spacial score (nSPS) is 10.2. The highest BCUT2D eigenvalue weighted by molar-refractivity contribution is 6.30. The van der Waals surface area contributed by atoms with Gasteiger partial charge in [0.2, 0.25) is 0 Å². The van der Waals surface area contributed by atoms with Gasteiger partial charge in [-0.25, -0.2) is 9.97 Å². The van der Waals surface area contributed by atoms with Gasteiger partial charge in [-0.05, 0) is 30.3 Å². The molecule has 3 rings (SSSR count). The summed E-state index contributed by atoms with van der Waals surface area (Å²) in [5.41, 5.74) is 2.74. The van der Waals surface area contributed by atoms with Gasteiger partial charge >= 0.3 is 0 Å². The zero-order valence-corrected chi connectivity index (χ0v) is 11.3. The van der Waals surface area contributed by atoms with Crippen LogP contribution in [0.4, 0.5) is 11.5 Å². The third-order valence-electron chi connectivity index (χ3n) is 2.77. The van der Waals surface area contributed by atoms with Gasteiger partial charge < -0.3 is 5.32 Å². The Kier molecular flexibility index (Phi) is 3.61.